The molecule has 1 amide bonds. The van der Waals surface area contributed by atoms with Crippen molar-refractivity contribution < 1.29 is 9.72 Å². The van der Waals surface area contributed by atoms with Crippen molar-refractivity contribution in [3.05, 3.63) is 55.8 Å². The first kappa shape index (κ1) is 13.8. The topological polar surface area (TPSA) is 63.5 Å². The highest BCUT2D eigenvalue weighted by molar-refractivity contribution is 7.14. The van der Waals surface area contributed by atoms with Gasteiger partial charge in [0.05, 0.1) is 14.7 Å². The van der Waals surface area contributed by atoms with Gasteiger partial charge in [0.15, 0.2) is 0 Å². The number of nitrogens with zero attached hydrogens (tertiary/aromatic N) is 2. The summed E-state index contributed by atoms with van der Waals surface area (Å²) in [5.41, 5.74) is 2.06. The molecule has 2 aromatic rings. The first-order valence-electron chi connectivity index (χ1n) is 6.65. The minimum atomic E-state index is -0.441. The molecule has 0 aliphatic carbocycles. The van der Waals surface area contributed by atoms with Gasteiger partial charge in [0.1, 0.15) is 0 Å². The summed E-state index contributed by atoms with van der Waals surface area (Å²) < 4.78 is 0. The smallest absolute Gasteiger partial charge is 0.283 e. The minimum absolute atomic E-state index is 0.0171. The molecule has 5 nitrogen and oxygen atoms in total. The molecule has 0 bridgehead atoms. The third kappa shape index (κ3) is 2.21. The monoisotopic (exact) mass is 302 g/mol. The van der Waals surface area contributed by atoms with Crippen molar-refractivity contribution in [2.75, 3.05) is 4.90 Å². The standard InChI is InChI=1S/C15H14N2O3S/c1-9-7-11-5-3-4-6-12(11)16(9)15(18)14-8-13(17(19)20)10(2)21-14/h3-6,8-9H,7H2,1-2H3/t9-/m1/s1. The number of benzene rings is 1. The molecule has 1 aromatic carbocycles. The average Bonchev–Trinajstić information content (AvgIpc) is 2.97. The Morgan fingerprint density at radius 2 is 2.14 bits per heavy atom. The third-order valence-corrected chi connectivity index (χ3v) is 4.75. The van der Waals surface area contributed by atoms with Crippen molar-refractivity contribution in [3.63, 3.8) is 0 Å². The summed E-state index contributed by atoms with van der Waals surface area (Å²) in [6, 6.07) is 9.25. The Kier molecular flexibility index (Phi) is 3.25. The largest absolute Gasteiger partial charge is 0.304 e. The molecule has 6 heteroatoms. The van der Waals surface area contributed by atoms with E-state index in [9.17, 15) is 14.9 Å². The van der Waals surface area contributed by atoms with E-state index in [1.165, 1.54) is 17.4 Å². The van der Waals surface area contributed by atoms with Gasteiger partial charge in [-0.15, -0.1) is 11.3 Å². The van der Waals surface area contributed by atoms with Crippen LogP contribution in [0.25, 0.3) is 0 Å². The first-order valence-corrected chi connectivity index (χ1v) is 7.47. The van der Waals surface area contributed by atoms with Crippen LogP contribution in [0, 0.1) is 17.0 Å². The molecule has 108 valence electrons. The fourth-order valence-electron chi connectivity index (χ4n) is 2.75. The maximum Gasteiger partial charge on any atom is 0.283 e. The summed E-state index contributed by atoms with van der Waals surface area (Å²) in [6.45, 7) is 3.66. The third-order valence-electron chi connectivity index (χ3n) is 3.73. The van der Waals surface area contributed by atoms with Crippen LogP contribution < -0.4 is 4.90 Å². The zero-order chi connectivity index (χ0) is 15.1. The lowest BCUT2D eigenvalue weighted by Gasteiger charge is -2.21. The predicted octanol–water partition coefficient (Wildman–Crippen LogP) is 3.56. The Bertz CT molecular complexity index is 738. The second-order valence-electron chi connectivity index (χ2n) is 5.17. The fourth-order valence-corrected chi connectivity index (χ4v) is 3.68. The molecule has 0 saturated heterocycles. The van der Waals surface area contributed by atoms with Crippen molar-refractivity contribution >= 4 is 28.6 Å². The van der Waals surface area contributed by atoms with E-state index in [1.54, 1.807) is 11.8 Å². The van der Waals surface area contributed by atoms with Gasteiger partial charge in [0.2, 0.25) is 0 Å². The lowest BCUT2D eigenvalue weighted by Crippen LogP contribution is -2.35. The summed E-state index contributed by atoms with van der Waals surface area (Å²) in [5.74, 6) is -0.159. The average molecular weight is 302 g/mol. The molecule has 1 aromatic heterocycles. The number of nitro groups is 1. The SMILES string of the molecule is Cc1sc(C(=O)N2c3ccccc3C[C@H]2C)cc1[N+](=O)[O-]. The molecular formula is C15H14N2O3S. The highest BCUT2D eigenvalue weighted by Crippen LogP contribution is 2.36. The Balaban J connectivity index is 1.99. The Morgan fingerprint density at radius 1 is 1.43 bits per heavy atom. The van der Waals surface area contributed by atoms with E-state index < -0.39 is 4.92 Å². The van der Waals surface area contributed by atoms with Crippen LogP contribution in [-0.2, 0) is 6.42 Å². The van der Waals surface area contributed by atoms with Gasteiger partial charge in [-0.25, -0.2) is 0 Å². The van der Waals surface area contributed by atoms with E-state index in [1.807, 2.05) is 31.2 Å². The fraction of sp³-hybridized carbons (Fsp3) is 0.267. The number of anilines is 1. The van der Waals surface area contributed by atoms with Crippen LogP contribution in [0.5, 0.6) is 0 Å². The number of para-hydroxylation sites is 1. The van der Waals surface area contributed by atoms with Crippen LogP contribution in [0.4, 0.5) is 11.4 Å². The van der Waals surface area contributed by atoms with E-state index in [0.29, 0.717) is 9.75 Å². The Hall–Kier alpha value is -2.21. The van der Waals surface area contributed by atoms with Crippen molar-refractivity contribution in [1.29, 1.82) is 0 Å². The number of fused-ring (bicyclic) bond motifs is 1. The summed E-state index contributed by atoms with van der Waals surface area (Å²) in [7, 11) is 0. The molecule has 2 heterocycles. The van der Waals surface area contributed by atoms with Crippen molar-refractivity contribution in [2.45, 2.75) is 26.3 Å². The lowest BCUT2D eigenvalue weighted by atomic mass is 10.1. The molecule has 1 aliphatic rings. The number of amides is 1. The number of carbonyl (C=O) groups excluding carboxylic acids is 1. The van der Waals surface area contributed by atoms with E-state index in [2.05, 4.69) is 0 Å². The van der Waals surface area contributed by atoms with Gasteiger partial charge in [0.25, 0.3) is 11.6 Å². The Morgan fingerprint density at radius 3 is 2.81 bits per heavy atom. The van der Waals surface area contributed by atoms with Crippen LogP contribution in [0.15, 0.2) is 30.3 Å². The molecular weight excluding hydrogens is 288 g/mol. The molecule has 1 atom stereocenters. The highest BCUT2D eigenvalue weighted by atomic mass is 32.1. The normalized spacial score (nSPS) is 16.9. The first-order chi connectivity index (χ1) is 9.99. The number of carbonyl (C=O) groups is 1. The van der Waals surface area contributed by atoms with Gasteiger partial charge in [-0.05, 0) is 31.9 Å². The van der Waals surface area contributed by atoms with Crippen LogP contribution in [0.2, 0.25) is 0 Å². The Labute approximate surface area is 126 Å². The molecule has 0 unspecified atom stereocenters. The van der Waals surface area contributed by atoms with Crippen LogP contribution >= 0.6 is 11.3 Å². The number of aryl methyl sites for hydroxylation is 1. The summed E-state index contributed by atoms with van der Waals surface area (Å²) in [6.07, 6.45) is 0.814. The maximum absolute atomic E-state index is 12.7. The minimum Gasteiger partial charge on any atom is -0.304 e. The highest BCUT2D eigenvalue weighted by Gasteiger charge is 2.33. The van der Waals surface area contributed by atoms with Crippen molar-refractivity contribution in [3.8, 4) is 0 Å². The molecule has 0 fully saturated rings. The van der Waals surface area contributed by atoms with Crippen LogP contribution in [0.3, 0.4) is 0 Å². The van der Waals surface area contributed by atoms with Gasteiger partial charge >= 0.3 is 0 Å². The van der Waals surface area contributed by atoms with E-state index in [4.69, 9.17) is 0 Å². The van der Waals surface area contributed by atoms with Gasteiger partial charge < -0.3 is 4.90 Å². The number of thiophene rings is 1. The molecule has 0 radical (unpaired) electrons. The lowest BCUT2D eigenvalue weighted by molar-refractivity contribution is -0.385. The molecule has 0 saturated carbocycles. The number of hydrogen-bond acceptors (Lipinski definition) is 4. The molecule has 0 spiro atoms. The van der Waals surface area contributed by atoms with Gasteiger partial charge in [-0.3, -0.25) is 14.9 Å². The quantitative estimate of drug-likeness (QED) is 0.629. The second kappa shape index (κ2) is 4.96. The van der Waals surface area contributed by atoms with E-state index >= 15 is 0 Å². The molecule has 3 rings (SSSR count). The zero-order valence-electron chi connectivity index (χ0n) is 11.7. The van der Waals surface area contributed by atoms with Crippen molar-refractivity contribution in [2.24, 2.45) is 0 Å². The van der Waals surface area contributed by atoms with Crippen LogP contribution in [-0.4, -0.2) is 16.9 Å². The molecule has 1 aliphatic heterocycles. The van der Waals surface area contributed by atoms with E-state index in [0.717, 1.165) is 17.7 Å². The van der Waals surface area contributed by atoms with Gasteiger partial charge in [0, 0.05) is 17.8 Å². The number of rotatable bonds is 2. The zero-order valence-corrected chi connectivity index (χ0v) is 12.5. The maximum atomic E-state index is 12.7. The second-order valence-corrected chi connectivity index (χ2v) is 6.42. The molecule has 0 N–H and O–H groups in total. The number of hydrogen-bond donors (Lipinski definition) is 0. The summed E-state index contributed by atoms with van der Waals surface area (Å²) in [5, 5.41) is 10.9. The summed E-state index contributed by atoms with van der Waals surface area (Å²) >= 11 is 1.18. The van der Waals surface area contributed by atoms with E-state index in [-0.39, 0.29) is 17.6 Å². The van der Waals surface area contributed by atoms with Crippen molar-refractivity contribution in [1.82, 2.24) is 0 Å². The molecule has 21 heavy (non-hydrogen) atoms. The van der Waals surface area contributed by atoms with Crippen LogP contribution in [0.1, 0.15) is 27.0 Å². The van der Waals surface area contributed by atoms with Gasteiger partial charge in [-0.2, -0.15) is 0 Å². The summed E-state index contributed by atoms with van der Waals surface area (Å²) in [4.78, 5) is 25.9. The van der Waals surface area contributed by atoms with Gasteiger partial charge in [-0.1, -0.05) is 18.2 Å². The predicted molar refractivity (Wildman–Crippen MR) is 82.1 cm³/mol.